The summed E-state index contributed by atoms with van der Waals surface area (Å²) in [4.78, 5) is 8.07. The molecule has 0 saturated carbocycles. The molecule has 96 valence electrons. The van der Waals surface area contributed by atoms with Crippen LogP contribution in [0.1, 0.15) is 26.5 Å². The SMILES string of the molecule is CC(C)C1C(c2cc(Cl)ncn2)=CC(F)=CC1C. The van der Waals surface area contributed by atoms with E-state index in [4.69, 9.17) is 11.6 Å². The molecule has 0 saturated heterocycles. The van der Waals surface area contributed by atoms with E-state index in [9.17, 15) is 4.39 Å². The fourth-order valence-electron chi connectivity index (χ4n) is 2.63. The van der Waals surface area contributed by atoms with E-state index >= 15 is 0 Å². The van der Waals surface area contributed by atoms with Gasteiger partial charge in [-0.25, -0.2) is 14.4 Å². The third-order valence-electron chi connectivity index (χ3n) is 3.29. The van der Waals surface area contributed by atoms with Crippen molar-refractivity contribution in [3.63, 3.8) is 0 Å². The molecule has 1 aromatic heterocycles. The summed E-state index contributed by atoms with van der Waals surface area (Å²) in [6, 6.07) is 1.69. The maximum absolute atomic E-state index is 13.6. The van der Waals surface area contributed by atoms with Gasteiger partial charge < -0.3 is 0 Å². The number of nitrogens with zero attached hydrogens (tertiary/aromatic N) is 2. The predicted molar refractivity (Wildman–Crippen MR) is 71.7 cm³/mol. The molecule has 0 N–H and O–H groups in total. The molecule has 0 aliphatic heterocycles. The van der Waals surface area contributed by atoms with E-state index in [1.165, 1.54) is 6.33 Å². The van der Waals surface area contributed by atoms with Crippen molar-refractivity contribution >= 4 is 17.2 Å². The van der Waals surface area contributed by atoms with Crippen molar-refractivity contribution < 1.29 is 4.39 Å². The average molecular weight is 267 g/mol. The van der Waals surface area contributed by atoms with E-state index in [0.717, 1.165) is 5.57 Å². The molecule has 0 fully saturated rings. The zero-order valence-corrected chi connectivity index (χ0v) is 11.4. The van der Waals surface area contributed by atoms with Crippen LogP contribution in [0.2, 0.25) is 5.15 Å². The molecule has 2 atom stereocenters. The first-order chi connectivity index (χ1) is 8.49. The van der Waals surface area contributed by atoms with E-state index in [-0.39, 0.29) is 17.7 Å². The summed E-state index contributed by atoms with van der Waals surface area (Å²) in [6.07, 6.45) is 4.64. The van der Waals surface area contributed by atoms with Crippen LogP contribution in [0.3, 0.4) is 0 Å². The zero-order chi connectivity index (χ0) is 13.3. The molecule has 2 rings (SSSR count). The number of hydrogen-bond acceptors (Lipinski definition) is 2. The Morgan fingerprint density at radius 2 is 2.06 bits per heavy atom. The Bertz CT molecular complexity index is 508. The highest BCUT2D eigenvalue weighted by Gasteiger charge is 2.29. The van der Waals surface area contributed by atoms with Gasteiger partial charge in [0.05, 0.1) is 5.69 Å². The van der Waals surface area contributed by atoms with Crippen LogP contribution in [0.25, 0.3) is 5.57 Å². The zero-order valence-electron chi connectivity index (χ0n) is 10.7. The Morgan fingerprint density at radius 1 is 1.33 bits per heavy atom. The molecule has 0 radical (unpaired) electrons. The third-order valence-corrected chi connectivity index (χ3v) is 3.50. The Labute approximate surface area is 112 Å². The maximum atomic E-state index is 13.6. The highest BCUT2D eigenvalue weighted by Crippen LogP contribution is 2.39. The summed E-state index contributed by atoms with van der Waals surface area (Å²) in [5.74, 6) is 0.600. The normalized spacial score (nSPS) is 23.9. The third kappa shape index (κ3) is 2.61. The van der Waals surface area contributed by atoms with Crippen LogP contribution in [-0.2, 0) is 0 Å². The highest BCUT2D eigenvalue weighted by atomic mass is 35.5. The number of rotatable bonds is 2. The molecule has 4 heteroatoms. The summed E-state index contributed by atoms with van der Waals surface area (Å²) in [5.41, 5.74) is 1.62. The molecule has 2 nitrogen and oxygen atoms in total. The fraction of sp³-hybridized carbons (Fsp3) is 0.429. The van der Waals surface area contributed by atoms with Crippen molar-refractivity contribution in [1.29, 1.82) is 0 Å². The average Bonchev–Trinajstić information content (AvgIpc) is 2.27. The molecule has 0 amide bonds. The van der Waals surface area contributed by atoms with E-state index in [2.05, 4.69) is 23.8 Å². The van der Waals surface area contributed by atoms with Gasteiger partial charge in [-0.1, -0.05) is 32.4 Å². The quantitative estimate of drug-likeness (QED) is 0.747. The van der Waals surface area contributed by atoms with Gasteiger partial charge in [-0.05, 0) is 35.5 Å². The minimum absolute atomic E-state index is 0.152. The van der Waals surface area contributed by atoms with Gasteiger partial charge in [-0.3, -0.25) is 0 Å². The van der Waals surface area contributed by atoms with Crippen molar-refractivity contribution in [2.45, 2.75) is 20.8 Å². The first kappa shape index (κ1) is 13.2. The Hall–Kier alpha value is -1.22. The molecule has 0 bridgehead atoms. The first-order valence-corrected chi connectivity index (χ1v) is 6.43. The van der Waals surface area contributed by atoms with Crippen LogP contribution >= 0.6 is 11.6 Å². The summed E-state index contributed by atoms with van der Waals surface area (Å²) in [7, 11) is 0. The molecule has 2 unspecified atom stereocenters. The van der Waals surface area contributed by atoms with Crippen LogP contribution in [0.4, 0.5) is 4.39 Å². The summed E-state index contributed by atoms with van der Waals surface area (Å²) in [6.45, 7) is 6.30. The maximum Gasteiger partial charge on any atom is 0.133 e. The Kier molecular flexibility index (Phi) is 3.81. The smallest absolute Gasteiger partial charge is 0.133 e. The molecular weight excluding hydrogens is 251 g/mol. The van der Waals surface area contributed by atoms with Crippen molar-refractivity contribution in [2.75, 3.05) is 0 Å². The van der Waals surface area contributed by atoms with E-state index in [1.807, 2.05) is 6.92 Å². The number of aromatic nitrogens is 2. The predicted octanol–water partition coefficient (Wildman–Crippen LogP) is 4.29. The van der Waals surface area contributed by atoms with Gasteiger partial charge in [0.15, 0.2) is 0 Å². The molecule has 1 aliphatic carbocycles. The van der Waals surface area contributed by atoms with Crippen LogP contribution in [0, 0.1) is 17.8 Å². The van der Waals surface area contributed by atoms with Gasteiger partial charge in [-0.2, -0.15) is 0 Å². The van der Waals surface area contributed by atoms with Gasteiger partial charge in [0, 0.05) is 6.07 Å². The number of allylic oxidation sites excluding steroid dienone is 4. The lowest BCUT2D eigenvalue weighted by Gasteiger charge is -2.30. The fourth-order valence-corrected chi connectivity index (χ4v) is 2.78. The molecular formula is C14H16ClFN2. The lowest BCUT2D eigenvalue weighted by molar-refractivity contribution is 0.385. The summed E-state index contributed by atoms with van der Waals surface area (Å²) in [5, 5.41) is 0.381. The van der Waals surface area contributed by atoms with Crippen LogP contribution in [-0.4, -0.2) is 9.97 Å². The monoisotopic (exact) mass is 266 g/mol. The molecule has 1 aliphatic rings. The van der Waals surface area contributed by atoms with Crippen molar-refractivity contribution in [3.8, 4) is 0 Å². The van der Waals surface area contributed by atoms with Gasteiger partial charge in [-0.15, -0.1) is 0 Å². The number of halogens is 2. The minimum Gasteiger partial charge on any atom is -0.237 e. The molecule has 0 spiro atoms. The standard InChI is InChI=1S/C14H16ClFN2/c1-8(2)14-9(3)4-10(16)5-11(14)12-6-13(15)18-7-17-12/h4-9,14H,1-3H3. The lowest BCUT2D eigenvalue weighted by atomic mass is 9.75. The van der Waals surface area contributed by atoms with Gasteiger partial charge >= 0.3 is 0 Å². The van der Waals surface area contributed by atoms with Gasteiger partial charge in [0.1, 0.15) is 17.3 Å². The second kappa shape index (κ2) is 5.19. The Balaban J connectivity index is 2.48. The lowest BCUT2D eigenvalue weighted by Crippen LogP contribution is -2.21. The van der Waals surface area contributed by atoms with Crippen LogP contribution < -0.4 is 0 Å². The van der Waals surface area contributed by atoms with Crippen LogP contribution in [0.15, 0.2) is 30.4 Å². The molecule has 0 aromatic carbocycles. The van der Waals surface area contributed by atoms with Crippen molar-refractivity contribution in [3.05, 3.63) is 41.2 Å². The highest BCUT2D eigenvalue weighted by molar-refractivity contribution is 6.29. The van der Waals surface area contributed by atoms with E-state index in [0.29, 0.717) is 16.8 Å². The second-order valence-corrected chi connectivity index (χ2v) is 5.39. The van der Waals surface area contributed by atoms with Crippen LogP contribution in [0.5, 0.6) is 0 Å². The van der Waals surface area contributed by atoms with Gasteiger partial charge in [0.2, 0.25) is 0 Å². The molecule has 18 heavy (non-hydrogen) atoms. The summed E-state index contributed by atoms with van der Waals surface area (Å²) < 4.78 is 13.6. The summed E-state index contributed by atoms with van der Waals surface area (Å²) >= 11 is 5.88. The first-order valence-electron chi connectivity index (χ1n) is 6.06. The largest absolute Gasteiger partial charge is 0.237 e. The van der Waals surface area contributed by atoms with E-state index in [1.54, 1.807) is 18.2 Å². The van der Waals surface area contributed by atoms with Crippen molar-refractivity contribution in [2.24, 2.45) is 17.8 Å². The molecule has 1 heterocycles. The topological polar surface area (TPSA) is 25.8 Å². The Morgan fingerprint density at radius 3 is 2.67 bits per heavy atom. The second-order valence-electron chi connectivity index (χ2n) is 5.01. The van der Waals surface area contributed by atoms with Gasteiger partial charge in [0.25, 0.3) is 0 Å². The van der Waals surface area contributed by atoms with E-state index < -0.39 is 0 Å². The minimum atomic E-state index is -0.205. The number of hydrogen-bond donors (Lipinski definition) is 0. The molecule has 1 aromatic rings. The van der Waals surface area contributed by atoms with Crippen molar-refractivity contribution in [1.82, 2.24) is 9.97 Å².